The fourth-order valence-electron chi connectivity index (χ4n) is 1.62. The van der Waals surface area contributed by atoms with E-state index in [0.717, 1.165) is 11.7 Å². The van der Waals surface area contributed by atoms with Crippen molar-refractivity contribution < 1.29 is 13.9 Å². The molecule has 1 aromatic heterocycles. The van der Waals surface area contributed by atoms with E-state index >= 15 is 0 Å². The quantitative estimate of drug-likeness (QED) is 0.775. The fraction of sp³-hybridized carbons (Fsp3) is 0.583. The van der Waals surface area contributed by atoms with Gasteiger partial charge >= 0.3 is 5.97 Å². The molecule has 1 aliphatic carbocycles. The maximum Gasteiger partial charge on any atom is 0.374 e. The van der Waals surface area contributed by atoms with E-state index in [4.69, 9.17) is 9.15 Å². The van der Waals surface area contributed by atoms with Crippen LogP contribution in [0.5, 0.6) is 0 Å². The Kier molecular flexibility index (Phi) is 3.29. The van der Waals surface area contributed by atoms with Crippen LogP contribution in [-0.2, 0) is 11.3 Å². The maximum atomic E-state index is 11.3. The third-order valence-electron chi connectivity index (χ3n) is 2.79. The highest BCUT2D eigenvalue weighted by Crippen LogP contribution is 2.29. The van der Waals surface area contributed by atoms with Crippen LogP contribution in [0.25, 0.3) is 0 Å². The molecular formula is C12H17NO3. The zero-order valence-electron chi connectivity index (χ0n) is 9.66. The van der Waals surface area contributed by atoms with Gasteiger partial charge in [0.05, 0.1) is 13.2 Å². The average molecular weight is 223 g/mol. The number of ether oxygens (including phenoxy) is 1. The second-order valence-corrected chi connectivity index (χ2v) is 4.19. The van der Waals surface area contributed by atoms with E-state index in [1.807, 2.05) is 6.07 Å². The summed E-state index contributed by atoms with van der Waals surface area (Å²) in [5, 5.41) is 3.36. The monoisotopic (exact) mass is 223 g/mol. The molecule has 0 amide bonds. The second kappa shape index (κ2) is 4.70. The van der Waals surface area contributed by atoms with Gasteiger partial charge in [-0.2, -0.15) is 0 Å². The zero-order chi connectivity index (χ0) is 11.5. The average Bonchev–Trinajstić information content (AvgIpc) is 2.80. The van der Waals surface area contributed by atoms with Crippen LogP contribution < -0.4 is 5.32 Å². The van der Waals surface area contributed by atoms with Crippen LogP contribution in [0.4, 0.5) is 0 Å². The number of hydrogen-bond acceptors (Lipinski definition) is 4. The first-order valence-electron chi connectivity index (χ1n) is 5.70. The number of furan rings is 1. The number of esters is 1. The molecule has 88 valence electrons. The Bertz CT molecular complexity index is 372. The third-order valence-corrected chi connectivity index (χ3v) is 2.79. The summed E-state index contributed by atoms with van der Waals surface area (Å²) in [7, 11) is 0. The molecule has 0 aliphatic heterocycles. The van der Waals surface area contributed by atoms with Crippen molar-refractivity contribution in [3.05, 3.63) is 23.7 Å². The zero-order valence-corrected chi connectivity index (χ0v) is 9.66. The van der Waals surface area contributed by atoms with Crippen LogP contribution >= 0.6 is 0 Å². The van der Waals surface area contributed by atoms with Gasteiger partial charge in [0.15, 0.2) is 0 Å². The standard InChI is InChI=1S/C12H17NO3/c1-3-15-12(14)11-5-4-9(16-11)7-13-10-6-8(10)2/h4-5,8,10,13H,3,6-7H2,1-2H3. The van der Waals surface area contributed by atoms with Crippen molar-refractivity contribution in [3.8, 4) is 0 Å². The first-order chi connectivity index (χ1) is 7.70. The summed E-state index contributed by atoms with van der Waals surface area (Å²) in [6.07, 6.45) is 1.23. The van der Waals surface area contributed by atoms with Crippen molar-refractivity contribution in [2.45, 2.75) is 32.9 Å². The van der Waals surface area contributed by atoms with Crippen LogP contribution in [0.1, 0.15) is 36.6 Å². The van der Waals surface area contributed by atoms with Crippen molar-refractivity contribution >= 4 is 5.97 Å². The van der Waals surface area contributed by atoms with E-state index in [-0.39, 0.29) is 5.76 Å². The van der Waals surface area contributed by atoms with Crippen LogP contribution in [0, 0.1) is 5.92 Å². The molecule has 0 saturated heterocycles. The summed E-state index contributed by atoms with van der Waals surface area (Å²) in [6, 6.07) is 4.08. The smallest absolute Gasteiger partial charge is 0.374 e. The third kappa shape index (κ3) is 2.64. The minimum absolute atomic E-state index is 0.280. The predicted molar refractivity (Wildman–Crippen MR) is 59.1 cm³/mol. The van der Waals surface area contributed by atoms with Crippen molar-refractivity contribution in [3.63, 3.8) is 0 Å². The molecule has 0 aromatic carbocycles. The van der Waals surface area contributed by atoms with Gasteiger partial charge in [-0.1, -0.05) is 6.92 Å². The first-order valence-corrected chi connectivity index (χ1v) is 5.70. The lowest BCUT2D eigenvalue weighted by molar-refractivity contribution is 0.0488. The number of carbonyl (C=O) groups excluding carboxylic acids is 1. The second-order valence-electron chi connectivity index (χ2n) is 4.19. The topological polar surface area (TPSA) is 51.5 Å². The van der Waals surface area contributed by atoms with Gasteiger partial charge in [0.25, 0.3) is 0 Å². The molecular weight excluding hydrogens is 206 g/mol. The van der Waals surface area contributed by atoms with Gasteiger partial charge in [-0.05, 0) is 31.4 Å². The molecule has 1 saturated carbocycles. The highest BCUT2D eigenvalue weighted by molar-refractivity contribution is 5.86. The summed E-state index contributed by atoms with van der Waals surface area (Å²) in [6.45, 7) is 5.03. The van der Waals surface area contributed by atoms with Gasteiger partial charge in [0, 0.05) is 6.04 Å². The van der Waals surface area contributed by atoms with Crippen LogP contribution in [0.15, 0.2) is 16.5 Å². The lowest BCUT2D eigenvalue weighted by Gasteiger charge is -2.00. The number of rotatable bonds is 5. The molecule has 1 aliphatic rings. The molecule has 1 N–H and O–H groups in total. The normalized spacial score (nSPS) is 23.1. The van der Waals surface area contributed by atoms with Crippen LogP contribution in [0.3, 0.4) is 0 Å². The van der Waals surface area contributed by atoms with Gasteiger partial charge in [-0.15, -0.1) is 0 Å². The Hall–Kier alpha value is -1.29. The Morgan fingerprint density at radius 3 is 3.00 bits per heavy atom. The first kappa shape index (κ1) is 11.2. The molecule has 1 fully saturated rings. The van der Waals surface area contributed by atoms with E-state index in [1.54, 1.807) is 13.0 Å². The van der Waals surface area contributed by atoms with Gasteiger partial charge in [-0.3, -0.25) is 0 Å². The van der Waals surface area contributed by atoms with Gasteiger partial charge < -0.3 is 14.5 Å². The minimum Gasteiger partial charge on any atom is -0.460 e. The number of carbonyl (C=O) groups is 1. The van der Waals surface area contributed by atoms with Gasteiger partial charge in [0.2, 0.25) is 5.76 Å². The Morgan fingerprint density at radius 2 is 2.38 bits per heavy atom. The SMILES string of the molecule is CCOC(=O)c1ccc(CNC2CC2C)o1. The van der Waals surface area contributed by atoms with Crippen LogP contribution in [-0.4, -0.2) is 18.6 Å². The van der Waals surface area contributed by atoms with E-state index < -0.39 is 5.97 Å². The Labute approximate surface area is 95.0 Å². The highest BCUT2D eigenvalue weighted by Gasteiger charge is 2.31. The van der Waals surface area contributed by atoms with Crippen molar-refractivity contribution in [2.24, 2.45) is 5.92 Å². The molecule has 1 aromatic rings. The lowest BCUT2D eigenvalue weighted by atomic mass is 10.4. The fourth-order valence-corrected chi connectivity index (χ4v) is 1.62. The molecule has 0 bridgehead atoms. The predicted octanol–water partition coefficient (Wildman–Crippen LogP) is 1.95. The molecule has 16 heavy (non-hydrogen) atoms. The largest absolute Gasteiger partial charge is 0.460 e. The Morgan fingerprint density at radius 1 is 1.62 bits per heavy atom. The molecule has 4 heteroatoms. The van der Waals surface area contributed by atoms with Crippen molar-refractivity contribution in [1.29, 1.82) is 0 Å². The van der Waals surface area contributed by atoms with Crippen LogP contribution in [0.2, 0.25) is 0 Å². The summed E-state index contributed by atoms with van der Waals surface area (Å²) in [5.74, 6) is 1.43. The van der Waals surface area contributed by atoms with Crippen molar-refractivity contribution in [1.82, 2.24) is 5.32 Å². The molecule has 1 heterocycles. The van der Waals surface area contributed by atoms with E-state index in [0.29, 0.717) is 19.2 Å². The number of hydrogen-bond donors (Lipinski definition) is 1. The van der Waals surface area contributed by atoms with Crippen molar-refractivity contribution in [2.75, 3.05) is 6.61 Å². The Balaban J connectivity index is 1.84. The molecule has 2 rings (SSSR count). The molecule has 0 radical (unpaired) electrons. The number of nitrogens with one attached hydrogen (secondary N) is 1. The lowest BCUT2D eigenvalue weighted by Crippen LogP contribution is -2.16. The van der Waals surface area contributed by atoms with Gasteiger partial charge in [-0.25, -0.2) is 4.79 Å². The van der Waals surface area contributed by atoms with Gasteiger partial charge in [0.1, 0.15) is 5.76 Å². The van der Waals surface area contributed by atoms with E-state index in [1.165, 1.54) is 6.42 Å². The molecule has 4 nitrogen and oxygen atoms in total. The molecule has 0 spiro atoms. The maximum absolute atomic E-state index is 11.3. The molecule has 2 atom stereocenters. The summed E-state index contributed by atoms with van der Waals surface area (Å²) in [5.41, 5.74) is 0. The summed E-state index contributed by atoms with van der Waals surface area (Å²) < 4.78 is 10.2. The highest BCUT2D eigenvalue weighted by atomic mass is 16.5. The van der Waals surface area contributed by atoms with E-state index in [9.17, 15) is 4.79 Å². The molecule has 2 unspecified atom stereocenters. The van der Waals surface area contributed by atoms with E-state index in [2.05, 4.69) is 12.2 Å². The minimum atomic E-state index is -0.395. The summed E-state index contributed by atoms with van der Waals surface area (Å²) >= 11 is 0. The summed E-state index contributed by atoms with van der Waals surface area (Å²) in [4.78, 5) is 11.3.